The Morgan fingerprint density at radius 2 is 1.74 bits per heavy atom. The Labute approximate surface area is 145 Å². The Morgan fingerprint density at radius 1 is 1.09 bits per heavy atom. The number of halogens is 2. The van der Waals surface area contributed by atoms with Crippen molar-refractivity contribution in [2.45, 2.75) is 13.8 Å². The lowest BCUT2D eigenvalue weighted by molar-refractivity contribution is 0.247. The second-order valence-electron chi connectivity index (χ2n) is 5.02. The van der Waals surface area contributed by atoms with Gasteiger partial charge in [-0.15, -0.1) is 0 Å². The number of ether oxygens (including phenoxy) is 1. The quantitative estimate of drug-likeness (QED) is 0.758. The molecule has 0 aromatic heterocycles. The highest BCUT2D eigenvalue weighted by Gasteiger charge is 2.09. The molecule has 23 heavy (non-hydrogen) atoms. The lowest BCUT2D eigenvalue weighted by atomic mass is 10.1. The first kappa shape index (κ1) is 17.4. The van der Waals surface area contributed by atoms with Crippen LogP contribution < -0.4 is 15.4 Å². The van der Waals surface area contributed by atoms with Crippen molar-refractivity contribution in [3.8, 4) is 5.75 Å². The van der Waals surface area contributed by atoms with Crippen LogP contribution in [-0.4, -0.2) is 19.2 Å². The third-order valence-electron chi connectivity index (χ3n) is 3.40. The van der Waals surface area contributed by atoms with Gasteiger partial charge < -0.3 is 15.4 Å². The van der Waals surface area contributed by atoms with E-state index in [1.165, 1.54) is 5.56 Å². The van der Waals surface area contributed by atoms with E-state index in [0.29, 0.717) is 28.9 Å². The maximum atomic E-state index is 11.9. The molecule has 2 amide bonds. The van der Waals surface area contributed by atoms with Crippen LogP contribution in [0.3, 0.4) is 0 Å². The molecule has 2 N–H and O–H groups in total. The first-order chi connectivity index (χ1) is 11.0. The van der Waals surface area contributed by atoms with Gasteiger partial charge in [-0.25, -0.2) is 4.79 Å². The Balaban J connectivity index is 1.80. The number of carbonyl (C=O) groups excluding carboxylic acids is 1. The van der Waals surface area contributed by atoms with E-state index in [-0.39, 0.29) is 6.03 Å². The van der Waals surface area contributed by atoms with E-state index in [9.17, 15) is 4.79 Å². The molecule has 0 atom stereocenters. The molecule has 0 spiro atoms. The monoisotopic (exact) mass is 352 g/mol. The van der Waals surface area contributed by atoms with Gasteiger partial charge >= 0.3 is 6.03 Å². The average molecular weight is 353 g/mol. The third-order valence-corrected chi connectivity index (χ3v) is 4.03. The molecule has 2 rings (SSSR count). The second-order valence-corrected chi connectivity index (χ2v) is 5.84. The number of urea groups is 1. The molecule has 0 fully saturated rings. The minimum atomic E-state index is -0.385. The van der Waals surface area contributed by atoms with Crippen molar-refractivity contribution in [2.75, 3.05) is 18.5 Å². The van der Waals surface area contributed by atoms with Gasteiger partial charge in [0.25, 0.3) is 0 Å². The normalized spacial score (nSPS) is 10.3. The maximum Gasteiger partial charge on any atom is 0.319 e. The van der Waals surface area contributed by atoms with E-state index in [0.717, 1.165) is 11.3 Å². The SMILES string of the molecule is Cc1cccc(OCCNC(=O)Nc2c(Cl)cccc2Cl)c1C. The van der Waals surface area contributed by atoms with E-state index < -0.39 is 0 Å². The van der Waals surface area contributed by atoms with Crippen LogP contribution in [0, 0.1) is 13.8 Å². The molecule has 2 aromatic rings. The number of hydrogen-bond acceptors (Lipinski definition) is 2. The van der Waals surface area contributed by atoms with Gasteiger partial charge in [0.05, 0.1) is 22.3 Å². The van der Waals surface area contributed by atoms with Gasteiger partial charge in [-0.2, -0.15) is 0 Å². The maximum absolute atomic E-state index is 11.9. The fourth-order valence-electron chi connectivity index (χ4n) is 1.98. The number of benzene rings is 2. The molecule has 0 unspecified atom stereocenters. The van der Waals surface area contributed by atoms with Crippen LogP contribution in [0.15, 0.2) is 36.4 Å². The van der Waals surface area contributed by atoms with Crippen LogP contribution in [-0.2, 0) is 0 Å². The van der Waals surface area contributed by atoms with Gasteiger partial charge in [-0.1, -0.05) is 41.4 Å². The van der Waals surface area contributed by atoms with Crippen LogP contribution in [0.5, 0.6) is 5.75 Å². The Bertz CT molecular complexity index is 685. The molecule has 0 saturated heterocycles. The number of hydrogen-bond donors (Lipinski definition) is 2. The summed E-state index contributed by atoms with van der Waals surface area (Å²) < 4.78 is 5.67. The molecule has 4 nitrogen and oxygen atoms in total. The van der Waals surface area contributed by atoms with Crippen molar-refractivity contribution >= 4 is 34.9 Å². The van der Waals surface area contributed by atoms with Crippen LogP contribution in [0.2, 0.25) is 10.0 Å². The fourth-order valence-corrected chi connectivity index (χ4v) is 2.47. The predicted octanol–water partition coefficient (Wildman–Crippen LogP) is 4.81. The summed E-state index contributed by atoms with van der Waals surface area (Å²) in [5, 5.41) is 6.10. The lowest BCUT2D eigenvalue weighted by Crippen LogP contribution is -2.32. The summed E-state index contributed by atoms with van der Waals surface area (Å²) in [6.45, 7) is 4.76. The van der Waals surface area contributed by atoms with E-state index in [4.69, 9.17) is 27.9 Å². The highest BCUT2D eigenvalue weighted by atomic mass is 35.5. The molecular weight excluding hydrogens is 335 g/mol. The number of para-hydroxylation sites is 1. The van der Waals surface area contributed by atoms with Crippen molar-refractivity contribution < 1.29 is 9.53 Å². The standard InChI is InChI=1S/C17H18Cl2N2O2/c1-11-5-3-8-15(12(11)2)23-10-9-20-17(22)21-16-13(18)6-4-7-14(16)19/h3-8H,9-10H2,1-2H3,(H2,20,21,22). The molecular formula is C17H18Cl2N2O2. The van der Waals surface area contributed by atoms with E-state index in [1.807, 2.05) is 32.0 Å². The molecule has 0 aliphatic carbocycles. The molecule has 0 heterocycles. The summed E-state index contributed by atoms with van der Waals surface area (Å²) in [6, 6.07) is 10.5. The highest BCUT2D eigenvalue weighted by molar-refractivity contribution is 6.39. The van der Waals surface area contributed by atoms with E-state index in [2.05, 4.69) is 10.6 Å². The largest absolute Gasteiger partial charge is 0.491 e. The summed E-state index contributed by atoms with van der Waals surface area (Å²) in [6.07, 6.45) is 0. The zero-order chi connectivity index (χ0) is 16.8. The van der Waals surface area contributed by atoms with Crippen LogP contribution in [0.25, 0.3) is 0 Å². The van der Waals surface area contributed by atoms with Gasteiger partial charge in [0.1, 0.15) is 12.4 Å². The molecule has 0 bridgehead atoms. The lowest BCUT2D eigenvalue weighted by Gasteiger charge is -2.12. The van der Waals surface area contributed by atoms with Gasteiger partial charge in [0.2, 0.25) is 0 Å². The molecule has 2 aromatic carbocycles. The fraction of sp³-hybridized carbons (Fsp3) is 0.235. The molecule has 0 radical (unpaired) electrons. The zero-order valence-electron chi connectivity index (χ0n) is 13.0. The van der Waals surface area contributed by atoms with Gasteiger partial charge in [0, 0.05) is 0 Å². The molecule has 6 heteroatoms. The Kier molecular flexibility index (Phi) is 6.13. The molecule has 0 aliphatic rings. The third kappa shape index (κ3) is 4.78. The number of rotatable bonds is 5. The number of anilines is 1. The molecule has 0 aliphatic heterocycles. The summed E-state index contributed by atoms with van der Waals surface area (Å²) in [4.78, 5) is 11.9. The smallest absolute Gasteiger partial charge is 0.319 e. The predicted molar refractivity (Wildman–Crippen MR) is 94.9 cm³/mol. The minimum absolute atomic E-state index is 0.362. The summed E-state index contributed by atoms with van der Waals surface area (Å²) in [5.74, 6) is 0.821. The number of aryl methyl sites for hydroxylation is 1. The first-order valence-electron chi connectivity index (χ1n) is 7.17. The average Bonchev–Trinajstić information content (AvgIpc) is 2.51. The van der Waals surface area contributed by atoms with Crippen molar-refractivity contribution in [2.24, 2.45) is 0 Å². The number of carbonyl (C=O) groups is 1. The van der Waals surface area contributed by atoms with Crippen LogP contribution in [0.1, 0.15) is 11.1 Å². The zero-order valence-corrected chi connectivity index (χ0v) is 14.5. The molecule has 0 saturated carbocycles. The Hall–Kier alpha value is -1.91. The summed E-state index contributed by atoms with van der Waals surface area (Å²) >= 11 is 12.0. The minimum Gasteiger partial charge on any atom is -0.491 e. The number of amides is 2. The van der Waals surface area contributed by atoms with Crippen molar-refractivity contribution in [3.63, 3.8) is 0 Å². The van der Waals surface area contributed by atoms with Crippen molar-refractivity contribution in [1.82, 2.24) is 5.32 Å². The summed E-state index contributed by atoms with van der Waals surface area (Å²) in [7, 11) is 0. The van der Waals surface area contributed by atoms with Gasteiger partial charge in [-0.05, 0) is 43.2 Å². The van der Waals surface area contributed by atoms with Gasteiger partial charge in [-0.3, -0.25) is 0 Å². The van der Waals surface area contributed by atoms with Crippen LogP contribution in [0.4, 0.5) is 10.5 Å². The molecule has 122 valence electrons. The van der Waals surface area contributed by atoms with Crippen molar-refractivity contribution in [1.29, 1.82) is 0 Å². The van der Waals surface area contributed by atoms with E-state index >= 15 is 0 Å². The first-order valence-corrected chi connectivity index (χ1v) is 7.92. The van der Waals surface area contributed by atoms with Crippen molar-refractivity contribution in [3.05, 3.63) is 57.6 Å². The Morgan fingerprint density at radius 3 is 2.43 bits per heavy atom. The van der Waals surface area contributed by atoms with Crippen LogP contribution >= 0.6 is 23.2 Å². The highest BCUT2D eigenvalue weighted by Crippen LogP contribution is 2.29. The summed E-state index contributed by atoms with van der Waals surface area (Å²) in [5.41, 5.74) is 2.66. The van der Waals surface area contributed by atoms with E-state index in [1.54, 1.807) is 18.2 Å². The van der Waals surface area contributed by atoms with Gasteiger partial charge in [0.15, 0.2) is 0 Å². The number of nitrogens with one attached hydrogen (secondary N) is 2. The topological polar surface area (TPSA) is 50.4 Å². The second kappa shape index (κ2) is 8.09.